The molecule has 0 spiro atoms. The van der Waals surface area contributed by atoms with Gasteiger partial charge < -0.3 is 24.8 Å². The van der Waals surface area contributed by atoms with Crippen molar-refractivity contribution in [2.45, 2.75) is 13.1 Å². The van der Waals surface area contributed by atoms with Crippen molar-refractivity contribution in [2.24, 2.45) is 0 Å². The summed E-state index contributed by atoms with van der Waals surface area (Å²) in [5.41, 5.74) is -0.00255. The maximum atomic E-state index is 13.1. The summed E-state index contributed by atoms with van der Waals surface area (Å²) in [4.78, 5) is 40.6. The molecule has 1 aliphatic rings. The Balaban J connectivity index is 1.68. The summed E-state index contributed by atoms with van der Waals surface area (Å²) < 4.78 is 17.4. The number of methoxy groups -OCH3 is 1. The number of nitrogens with one attached hydrogen (secondary N) is 3. The van der Waals surface area contributed by atoms with Crippen molar-refractivity contribution in [3.8, 4) is 11.5 Å². The molecule has 0 atom stereocenters. The predicted molar refractivity (Wildman–Crippen MR) is 122 cm³/mol. The molecule has 0 fully saturated rings. The molecule has 3 aromatic rings. The SMILES string of the molecule is COCCn1c(NC(=O)c2ccc3c(c2)OCCO3)c(NCc2ccccc2)c(=O)[nH]c1=O. The van der Waals surface area contributed by atoms with E-state index in [9.17, 15) is 14.4 Å². The molecule has 0 radical (unpaired) electrons. The fraction of sp³-hybridized carbons (Fsp3) is 0.261. The Morgan fingerprint density at radius 1 is 1.09 bits per heavy atom. The molecule has 10 heteroatoms. The molecule has 0 bridgehead atoms. The Labute approximate surface area is 189 Å². The predicted octanol–water partition coefficient (Wildman–Crippen LogP) is 1.82. The van der Waals surface area contributed by atoms with Gasteiger partial charge in [-0.1, -0.05) is 30.3 Å². The number of hydrogen-bond acceptors (Lipinski definition) is 7. The minimum Gasteiger partial charge on any atom is -0.486 e. The second-order valence-corrected chi connectivity index (χ2v) is 7.28. The smallest absolute Gasteiger partial charge is 0.330 e. The van der Waals surface area contributed by atoms with Crippen LogP contribution in [0.15, 0.2) is 58.1 Å². The van der Waals surface area contributed by atoms with Gasteiger partial charge in [0.25, 0.3) is 11.5 Å². The lowest BCUT2D eigenvalue weighted by atomic mass is 10.1. The zero-order chi connectivity index (χ0) is 23.2. The van der Waals surface area contributed by atoms with Crippen molar-refractivity contribution in [1.82, 2.24) is 9.55 Å². The molecular formula is C23H24N4O6. The van der Waals surface area contributed by atoms with E-state index in [1.807, 2.05) is 30.3 Å². The zero-order valence-electron chi connectivity index (χ0n) is 18.1. The third kappa shape index (κ3) is 5.07. The lowest BCUT2D eigenvalue weighted by Crippen LogP contribution is -2.36. The number of carbonyl (C=O) groups is 1. The first-order chi connectivity index (χ1) is 16.1. The molecule has 0 saturated carbocycles. The quantitative estimate of drug-likeness (QED) is 0.476. The third-order valence-electron chi connectivity index (χ3n) is 5.07. The number of benzene rings is 2. The molecule has 2 heterocycles. The zero-order valence-corrected chi connectivity index (χ0v) is 18.1. The maximum Gasteiger partial charge on any atom is 0.330 e. The Kier molecular flexibility index (Phi) is 6.75. The maximum absolute atomic E-state index is 13.1. The summed E-state index contributed by atoms with van der Waals surface area (Å²) in [7, 11) is 1.50. The van der Waals surface area contributed by atoms with E-state index in [-0.39, 0.29) is 24.7 Å². The van der Waals surface area contributed by atoms with Crippen molar-refractivity contribution in [3.63, 3.8) is 0 Å². The molecule has 1 amide bonds. The van der Waals surface area contributed by atoms with Gasteiger partial charge in [-0.15, -0.1) is 0 Å². The highest BCUT2D eigenvalue weighted by atomic mass is 16.6. The van der Waals surface area contributed by atoms with Crippen LogP contribution in [0.5, 0.6) is 11.5 Å². The molecule has 1 aliphatic heterocycles. The van der Waals surface area contributed by atoms with E-state index in [0.29, 0.717) is 36.8 Å². The van der Waals surface area contributed by atoms with E-state index in [1.54, 1.807) is 18.2 Å². The molecule has 172 valence electrons. The summed E-state index contributed by atoms with van der Waals surface area (Å²) in [6.45, 7) is 1.48. The number of anilines is 2. The molecular weight excluding hydrogens is 428 g/mol. The van der Waals surface area contributed by atoms with E-state index in [1.165, 1.54) is 11.7 Å². The molecule has 4 rings (SSSR count). The number of ether oxygens (including phenoxy) is 3. The van der Waals surface area contributed by atoms with Crippen LogP contribution in [0.1, 0.15) is 15.9 Å². The van der Waals surface area contributed by atoms with Gasteiger partial charge in [-0.3, -0.25) is 19.1 Å². The highest BCUT2D eigenvalue weighted by Crippen LogP contribution is 2.31. The minimum absolute atomic E-state index is 0.0524. The summed E-state index contributed by atoms with van der Waals surface area (Å²) in [6.07, 6.45) is 0. The van der Waals surface area contributed by atoms with E-state index in [0.717, 1.165) is 5.56 Å². The Morgan fingerprint density at radius 2 is 1.85 bits per heavy atom. The van der Waals surface area contributed by atoms with Gasteiger partial charge in [0.2, 0.25) is 0 Å². The summed E-state index contributed by atoms with van der Waals surface area (Å²) in [6, 6.07) is 14.2. The van der Waals surface area contributed by atoms with Crippen LogP contribution < -0.4 is 31.4 Å². The van der Waals surface area contributed by atoms with Crippen molar-refractivity contribution in [2.75, 3.05) is 37.6 Å². The highest BCUT2D eigenvalue weighted by Gasteiger charge is 2.20. The van der Waals surface area contributed by atoms with Crippen molar-refractivity contribution in [1.29, 1.82) is 0 Å². The lowest BCUT2D eigenvalue weighted by molar-refractivity contribution is 0.102. The number of H-pyrrole nitrogens is 1. The van der Waals surface area contributed by atoms with Crippen LogP contribution in [-0.4, -0.2) is 42.4 Å². The first kappa shape index (κ1) is 22.2. The number of carbonyl (C=O) groups excluding carboxylic acids is 1. The topological polar surface area (TPSA) is 124 Å². The average molecular weight is 452 g/mol. The molecule has 33 heavy (non-hydrogen) atoms. The fourth-order valence-corrected chi connectivity index (χ4v) is 3.41. The van der Waals surface area contributed by atoms with E-state index in [2.05, 4.69) is 15.6 Å². The van der Waals surface area contributed by atoms with Crippen molar-refractivity contribution in [3.05, 3.63) is 80.5 Å². The molecule has 0 aliphatic carbocycles. The standard InChI is InChI=1S/C23H24N4O6/c1-31-10-9-27-20(25-21(28)16-7-8-17-18(13-16)33-12-11-32-17)19(22(29)26-23(27)30)24-14-15-5-3-2-4-6-15/h2-8,13,24H,9-12,14H2,1H3,(H,25,28)(H,26,29,30). The number of aromatic amines is 1. The molecule has 2 aromatic carbocycles. The third-order valence-corrected chi connectivity index (χ3v) is 5.07. The van der Waals surface area contributed by atoms with Crippen LogP contribution in [-0.2, 0) is 17.8 Å². The van der Waals surface area contributed by atoms with E-state index < -0.39 is 17.2 Å². The number of amides is 1. The van der Waals surface area contributed by atoms with E-state index >= 15 is 0 Å². The molecule has 3 N–H and O–H groups in total. The normalized spacial score (nSPS) is 12.3. The first-order valence-electron chi connectivity index (χ1n) is 10.4. The lowest BCUT2D eigenvalue weighted by Gasteiger charge is -2.20. The van der Waals surface area contributed by atoms with Crippen LogP contribution in [0.4, 0.5) is 11.5 Å². The number of hydrogen-bond donors (Lipinski definition) is 3. The van der Waals surface area contributed by atoms with Gasteiger partial charge in [0.15, 0.2) is 11.5 Å². The van der Waals surface area contributed by atoms with E-state index in [4.69, 9.17) is 14.2 Å². The Morgan fingerprint density at radius 3 is 2.61 bits per heavy atom. The molecule has 0 unspecified atom stereocenters. The van der Waals surface area contributed by atoms with Gasteiger partial charge in [-0.05, 0) is 23.8 Å². The number of aromatic nitrogens is 2. The Hall–Kier alpha value is -4.05. The van der Waals surface area contributed by atoms with Crippen molar-refractivity contribution < 1.29 is 19.0 Å². The number of fused-ring (bicyclic) bond motifs is 1. The van der Waals surface area contributed by atoms with Gasteiger partial charge in [-0.2, -0.15) is 0 Å². The van der Waals surface area contributed by atoms with Crippen LogP contribution in [0.2, 0.25) is 0 Å². The van der Waals surface area contributed by atoms with Crippen molar-refractivity contribution >= 4 is 17.4 Å². The average Bonchev–Trinajstić information content (AvgIpc) is 2.83. The summed E-state index contributed by atoms with van der Waals surface area (Å²) in [5, 5.41) is 5.76. The largest absolute Gasteiger partial charge is 0.486 e. The number of nitrogens with zero attached hydrogens (tertiary/aromatic N) is 1. The van der Waals surface area contributed by atoms with Gasteiger partial charge in [0.1, 0.15) is 24.7 Å². The second kappa shape index (κ2) is 10.0. The van der Waals surface area contributed by atoms with Gasteiger partial charge in [-0.25, -0.2) is 4.79 Å². The van der Waals surface area contributed by atoms with Crippen LogP contribution in [0.25, 0.3) is 0 Å². The van der Waals surface area contributed by atoms with Crippen LogP contribution >= 0.6 is 0 Å². The minimum atomic E-state index is -0.653. The Bertz CT molecular complexity index is 1250. The van der Waals surface area contributed by atoms with Gasteiger partial charge in [0.05, 0.1) is 13.2 Å². The number of rotatable bonds is 8. The van der Waals surface area contributed by atoms with Gasteiger partial charge in [0, 0.05) is 19.2 Å². The van der Waals surface area contributed by atoms with Gasteiger partial charge >= 0.3 is 5.69 Å². The highest BCUT2D eigenvalue weighted by molar-refractivity contribution is 6.05. The molecule has 0 saturated heterocycles. The fourth-order valence-electron chi connectivity index (χ4n) is 3.41. The summed E-state index contributed by atoms with van der Waals surface area (Å²) in [5.74, 6) is 0.553. The molecule has 1 aromatic heterocycles. The monoisotopic (exact) mass is 452 g/mol. The second-order valence-electron chi connectivity index (χ2n) is 7.28. The molecule has 10 nitrogen and oxygen atoms in total. The first-order valence-corrected chi connectivity index (χ1v) is 10.4. The summed E-state index contributed by atoms with van der Waals surface area (Å²) >= 11 is 0. The van der Waals surface area contributed by atoms with Crippen LogP contribution in [0, 0.1) is 0 Å². The van der Waals surface area contributed by atoms with Crippen LogP contribution in [0.3, 0.4) is 0 Å².